The van der Waals surface area contributed by atoms with Crippen LogP contribution in [0.15, 0.2) is 48.5 Å². The van der Waals surface area contributed by atoms with Crippen molar-refractivity contribution in [2.75, 3.05) is 20.1 Å². The number of aryl methyl sites for hydroxylation is 1. The van der Waals surface area contributed by atoms with Gasteiger partial charge in [-0.2, -0.15) is 5.10 Å². The maximum Gasteiger partial charge on any atom is 0.253 e. The molecule has 1 aromatic heterocycles. The Balaban J connectivity index is 1.61. The molecule has 2 heterocycles. The minimum absolute atomic E-state index is 0.0252. The first-order valence-corrected chi connectivity index (χ1v) is 11.9. The molecule has 2 aromatic carbocycles. The monoisotopic (exact) mass is 444 g/mol. The molecule has 0 saturated carbocycles. The molecule has 0 N–H and O–H groups in total. The van der Waals surface area contributed by atoms with Crippen molar-refractivity contribution in [2.45, 2.75) is 59.5 Å². The summed E-state index contributed by atoms with van der Waals surface area (Å²) >= 11 is 0. The lowest BCUT2D eigenvalue weighted by atomic mass is 9.86. The SMILES string of the molecule is CCN1CCc2c(c(CN(C)C(=O)c3ccc(C(C)(C)C)cc3)nn2-c2ccc(C)cc2)C1. The van der Waals surface area contributed by atoms with Crippen molar-refractivity contribution >= 4 is 5.91 Å². The second kappa shape index (κ2) is 9.14. The lowest BCUT2D eigenvalue weighted by Gasteiger charge is -2.27. The van der Waals surface area contributed by atoms with Crippen LogP contribution in [0.1, 0.15) is 66.1 Å². The van der Waals surface area contributed by atoms with Crippen molar-refractivity contribution < 1.29 is 4.79 Å². The Bertz CT molecular complexity index is 1120. The van der Waals surface area contributed by atoms with Gasteiger partial charge in [0.1, 0.15) is 0 Å². The summed E-state index contributed by atoms with van der Waals surface area (Å²) in [6.07, 6.45) is 0.968. The number of likely N-dealkylation sites (N-methyl/N-ethyl adjacent to an activating group) is 1. The Morgan fingerprint density at radius 1 is 1.06 bits per heavy atom. The molecule has 4 rings (SSSR count). The van der Waals surface area contributed by atoms with Gasteiger partial charge in [0.05, 0.1) is 23.6 Å². The topological polar surface area (TPSA) is 41.4 Å². The minimum atomic E-state index is 0.0252. The number of hydrogen-bond acceptors (Lipinski definition) is 3. The summed E-state index contributed by atoms with van der Waals surface area (Å²) in [5.74, 6) is 0.0252. The molecule has 174 valence electrons. The van der Waals surface area contributed by atoms with Crippen LogP contribution in [0.25, 0.3) is 5.69 Å². The molecule has 1 aliphatic rings. The van der Waals surface area contributed by atoms with Crippen molar-refractivity contribution in [3.63, 3.8) is 0 Å². The number of carbonyl (C=O) groups is 1. The second-order valence-electron chi connectivity index (χ2n) is 10.2. The van der Waals surface area contributed by atoms with Crippen LogP contribution < -0.4 is 0 Å². The minimum Gasteiger partial charge on any atom is -0.336 e. The fourth-order valence-corrected chi connectivity index (χ4v) is 4.47. The second-order valence-corrected chi connectivity index (χ2v) is 10.2. The van der Waals surface area contributed by atoms with Crippen LogP contribution in [-0.2, 0) is 24.9 Å². The van der Waals surface area contributed by atoms with Gasteiger partial charge in [-0.05, 0) is 48.7 Å². The molecular formula is C28H36N4O. The average molecular weight is 445 g/mol. The third-order valence-electron chi connectivity index (χ3n) is 6.68. The number of fused-ring (bicyclic) bond motifs is 1. The van der Waals surface area contributed by atoms with Crippen LogP contribution in [0.4, 0.5) is 0 Å². The Kier molecular flexibility index (Phi) is 6.44. The third kappa shape index (κ3) is 4.88. The summed E-state index contributed by atoms with van der Waals surface area (Å²) in [5, 5.41) is 5.02. The van der Waals surface area contributed by atoms with Crippen molar-refractivity contribution in [1.29, 1.82) is 0 Å². The van der Waals surface area contributed by atoms with Gasteiger partial charge in [-0.25, -0.2) is 4.68 Å². The quantitative estimate of drug-likeness (QED) is 0.548. The van der Waals surface area contributed by atoms with Crippen LogP contribution >= 0.6 is 0 Å². The highest BCUT2D eigenvalue weighted by atomic mass is 16.2. The highest BCUT2D eigenvalue weighted by Crippen LogP contribution is 2.27. The van der Waals surface area contributed by atoms with Gasteiger partial charge in [0.15, 0.2) is 0 Å². The Labute approximate surface area is 198 Å². The maximum absolute atomic E-state index is 13.2. The molecule has 0 unspecified atom stereocenters. The van der Waals surface area contributed by atoms with E-state index in [2.05, 4.69) is 80.6 Å². The third-order valence-corrected chi connectivity index (χ3v) is 6.68. The summed E-state index contributed by atoms with van der Waals surface area (Å²) in [6.45, 7) is 14.3. The number of amides is 1. The van der Waals surface area contributed by atoms with Gasteiger partial charge in [-0.15, -0.1) is 0 Å². The van der Waals surface area contributed by atoms with E-state index >= 15 is 0 Å². The molecule has 33 heavy (non-hydrogen) atoms. The number of hydrogen-bond donors (Lipinski definition) is 0. The molecule has 1 amide bonds. The van der Waals surface area contributed by atoms with E-state index in [1.807, 2.05) is 19.2 Å². The summed E-state index contributed by atoms with van der Waals surface area (Å²) in [6, 6.07) is 16.5. The zero-order chi connectivity index (χ0) is 23.8. The Hall–Kier alpha value is -2.92. The number of aromatic nitrogens is 2. The number of nitrogens with zero attached hydrogens (tertiary/aromatic N) is 4. The first-order valence-electron chi connectivity index (χ1n) is 11.9. The molecule has 0 fully saturated rings. The van der Waals surface area contributed by atoms with Crippen LogP contribution in [0, 0.1) is 6.92 Å². The van der Waals surface area contributed by atoms with E-state index in [4.69, 9.17) is 5.10 Å². The molecule has 0 saturated heterocycles. The molecular weight excluding hydrogens is 408 g/mol. The standard InChI is InChI=1S/C28H36N4O/c1-7-31-17-16-26-24(18-31)25(29-32(26)23-14-8-20(2)9-15-23)19-30(6)27(33)21-10-12-22(13-11-21)28(3,4)5/h8-15H,7,16-19H2,1-6H3. The lowest BCUT2D eigenvalue weighted by Crippen LogP contribution is -2.32. The number of benzene rings is 2. The number of carbonyl (C=O) groups excluding carboxylic acids is 1. The van der Waals surface area contributed by atoms with E-state index in [0.29, 0.717) is 12.1 Å². The van der Waals surface area contributed by atoms with Gasteiger partial charge in [0, 0.05) is 37.7 Å². The molecule has 0 radical (unpaired) electrons. The molecule has 3 aromatic rings. The Morgan fingerprint density at radius 3 is 2.33 bits per heavy atom. The van der Waals surface area contributed by atoms with E-state index in [0.717, 1.165) is 37.4 Å². The molecule has 0 bridgehead atoms. The molecule has 5 heteroatoms. The first-order chi connectivity index (χ1) is 15.7. The Morgan fingerprint density at radius 2 is 1.73 bits per heavy atom. The number of rotatable bonds is 5. The van der Waals surface area contributed by atoms with Gasteiger partial charge >= 0.3 is 0 Å². The zero-order valence-corrected chi connectivity index (χ0v) is 20.9. The van der Waals surface area contributed by atoms with Crippen molar-refractivity contribution in [3.8, 4) is 5.69 Å². The van der Waals surface area contributed by atoms with Crippen molar-refractivity contribution in [1.82, 2.24) is 19.6 Å². The van der Waals surface area contributed by atoms with E-state index < -0.39 is 0 Å². The molecule has 0 spiro atoms. The molecule has 0 aliphatic carbocycles. The smallest absolute Gasteiger partial charge is 0.253 e. The van der Waals surface area contributed by atoms with Gasteiger partial charge in [0.2, 0.25) is 0 Å². The molecule has 1 aliphatic heterocycles. The summed E-state index contributed by atoms with van der Waals surface area (Å²) < 4.78 is 2.09. The predicted molar refractivity (Wildman–Crippen MR) is 134 cm³/mol. The molecule has 5 nitrogen and oxygen atoms in total. The average Bonchev–Trinajstić information content (AvgIpc) is 3.16. The summed E-state index contributed by atoms with van der Waals surface area (Å²) in [4.78, 5) is 17.4. The fraction of sp³-hybridized carbons (Fsp3) is 0.429. The molecule has 0 atom stereocenters. The zero-order valence-electron chi connectivity index (χ0n) is 20.9. The lowest BCUT2D eigenvalue weighted by molar-refractivity contribution is 0.0782. The van der Waals surface area contributed by atoms with E-state index in [9.17, 15) is 4.79 Å². The first kappa shape index (κ1) is 23.2. The van der Waals surface area contributed by atoms with Crippen LogP contribution in [0.5, 0.6) is 0 Å². The summed E-state index contributed by atoms with van der Waals surface area (Å²) in [5.41, 5.74) is 7.87. The van der Waals surface area contributed by atoms with Gasteiger partial charge in [-0.1, -0.05) is 57.5 Å². The van der Waals surface area contributed by atoms with Gasteiger partial charge in [-0.3, -0.25) is 9.69 Å². The highest BCUT2D eigenvalue weighted by molar-refractivity contribution is 5.94. The van der Waals surface area contributed by atoms with E-state index in [-0.39, 0.29) is 11.3 Å². The predicted octanol–water partition coefficient (Wildman–Crippen LogP) is 5.13. The van der Waals surface area contributed by atoms with Crippen LogP contribution in [-0.4, -0.2) is 45.6 Å². The van der Waals surface area contributed by atoms with Crippen LogP contribution in [0.3, 0.4) is 0 Å². The normalized spacial score (nSPS) is 14.2. The van der Waals surface area contributed by atoms with Crippen molar-refractivity contribution in [2.24, 2.45) is 0 Å². The maximum atomic E-state index is 13.2. The van der Waals surface area contributed by atoms with Gasteiger partial charge in [0.25, 0.3) is 5.91 Å². The van der Waals surface area contributed by atoms with Gasteiger partial charge < -0.3 is 4.90 Å². The van der Waals surface area contributed by atoms with Crippen molar-refractivity contribution in [3.05, 3.63) is 82.2 Å². The van der Waals surface area contributed by atoms with E-state index in [1.165, 1.54) is 22.4 Å². The fourth-order valence-electron chi connectivity index (χ4n) is 4.47. The van der Waals surface area contributed by atoms with E-state index in [1.54, 1.807) is 4.90 Å². The highest BCUT2D eigenvalue weighted by Gasteiger charge is 2.26. The largest absolute Gasteiger partial charge is 0.336 e. The van der Waals surface area contributed by atoms with Crippen LogP contribution in [0.2, 0.25) is 0 Å². The summed E-state index contributed by atoms with van der Waals surface area (Å²) in [7, 11) is 1.87.